The van der Waals surface area contributed by atoms with Gasteiger partial charge in [-0.25, -0.2) is 9.78 Å². The first-order valence-electron chi connectivity index (χ1n) is 8.44. The van der Waals surface area contributed by atoms with Crippen LogP contribution < -0.4 is 14.2 Å². The number of nitrogens with zero attached hydrogens (tertiary/aromatic N) is 1. The quantitative estimate of drug-likeness (QED) is 0.551. The zero-order valence-corrected chi connectivity index (χ0v) is 15.6. The number of carbonyl (C=O) groups is 1. The molecular formula is C20H19NO5S. The molecule has 0 saturated carbocycles. The number of rotatable bonds is 9. The van der Waals surface area contributed by atoms with E-state index in [9.17, 15) is 4.79 Å². The zero-order chi connectivity index (χ0) is 19.1. The van der Waals surface area contributed by atoms with Crippen molar-refractivity contribution in [2.75, 3.05) is 19.8 Å². The Morgan fingerprint density at radius 3 is 2.52 bits per heavy atom. The second-order valence-electron chi connectivity index (χ2n) is 5.45. The van der Waals surface area contributed by atoms with Crippen molar-refractivity contribution in [1.29, 1.82) is 0 Å². The molecule has 6 nitrogen and oxygen atoms in total. The minimum absolute atomic E-state index is 0.0337. The van der Waals surface area contributed by atoms with Crippen LogP contribution in [0.15, 0.2) is 53.9 Å². The minimum atomic E-state index is -1.04. The molecule has 1 heterocycles. The summed E-state index contributed by atoms with van der Waals surface area (Å²) in [4.78, 5) is 15.1. The molecule has 0 amide bonds. The zero-order valence-electron chi connectivity index (χ0n) is 14.8. The van der Waals surface area contributed by atoms with Crippen LogP contribution in [0.5, 0.6) is 17.2 Å². The largest absolute Gasteiger partial charge is 0.490 e. The summed E-state index contributed by atoms with van der Waals surface area (Å²) < 4.78 is 17.1. The van der Waals surface area contributed by atoms with E-state index in [4.69, 9.17) is 19.3 Å². The first kappa shape index (κ1) is 18.7. The first-order chi connectivity index (χ1) is 13.2. The highest BCUT2D eigenvalue weighted by Crippen LogP contribution is 2.34. The summed E-state index contributed by atoms with van der Waals surface area (Å²) in [6.07, 6.45) is 0. The van der Waals surface area contributed by atoms with E-state index in [1.807, 2.05) is 43.3 Å². The number of benzene rings is 2. The Kier molecular flexibility index (Phi) is 6.27. The van der Waals surface area contributed by atoms with Gasteiger partial charge >= 0.3 is 5.97 Å². The number of hydrogen-bond acceptors (Lipinski definition) is 6. The van der Waals surface area contributed by atoms with Crippen molar-refractivity contribution in [3.05, 3.63) is 59.6 Å². The molecule has 0 aliphatic heterocycles. The van der Waals surface area contributed by atoms with Gasteiger partial charge in [0.1, 0.15) is 24.0 Å². The highest BCUT2D eigenvalue weighted by atomic mass is 32.1. The molecule has 0 aliphatic carbocycles. The van der Waals surface area contributed by atoms with Crippen LogP contribution in [0.25, 0.3) is 10.6 Å². The lowest BCUT2D eigenvalue weighted by molar-refractivity contribution is 0.0691. The minimum Gasteiger partial charge on any atom is -0.490 e. The number of thiazole rings is 1. The number of aromatic nitrogens is 1. The fourth-order valence-corrected chi connectivity index (χ4v) is 3.15. The van der Waals surface area contributed by atoms with Crippen molar-refractivity contribution in [3.63, 3.8) is 0 Å². The topological polar surface area (TPSA) is 77.9 Å². The molecule has 3 aromatic rings. The maximum absolute atomic E-state index is 11.0. The van der Waals surface area contributed by atoms with Crippen LogP contribution in [0.1, 0.15) is 17.4 Å². The molecule has 0 aliphatic rings. The van der Waals surface area contributed by atoms with Gasteiger partial charge in [0.15, 0.2) is 17.2 Å². The van der Waals surface area contributed by atoms with Gasteiger partial charge in [-0.3, -0.25) is 0 Å². The molecule has 1 aromatic heterocycles. The van der Waals surface area contributed by atoms with Gasteiger partial charge in [0.25, 0.3) is 0 Å². The number of carboxylic acid groups (broad SMARTS) is 1. The smallest absolute Gasteiger partial charge is 0.355 e. The van der Waals surface area contributed by atoms with Crippen molar-refractivity contribution < 1.29 is 24.1 Å². The van der Waals surface area contributed by atoms with Crippen LogP contribution in [-0.2, 0) is 0 Å². The fraction of sp³-hybridized carbons (Fsp3) is 0.200. The maximum atomic E-state index is 11.0. The van der Waals surface area contributed by atoms with E-state index in [0.717, 1.165) is 11.3 Å². The van der Waals surface area contributed by atoms with E-state index < -0.39 is 5.97 Å². The molecule has 0 radical (unpaired) electrons. The van der Waals surface area contributed by atoms with Gasteiger partial charge in [0.05, 0.1) is 6.61 Å². The third kappa shape index (κ3) is 4.98. The van der Waals surface area contributed by atoms with Gasteiger partial charge in [-0.15, -0.1) is 11.3 Å². The number of para-hydroxylation sites is 1. The molecule has 2 aromatic carbocycles. The third-order valence-corrected chi connectivity index (χ3v) is 4.46. The van der Waals surface area contributed by atoms with E-state index in [1.54, 1.807) is 12.1 Å². The van der Waals surface area contributed by atoms with Gasteiger partial charge < -0.3 is 19.3 Å². The molecule has 7 heteroatoms. The van der Waals surface area contributed by atoms with Gasteiger partial charge in [-0.1, -0.05) is 18.2 Å². The molecule has 0 atom stereocenters. The molecule has 3 rings (SSSR count). The molecular weight excluding hydrogens is 366 g/mol. The molecule has 0 saturated heterocycles. The van der Waals surface area contributed by atoms with Gasteiger partial charge in [-0.05, 0) is 37.3 Å². The van der Waals surface area contributed by atoms with E-state index in [1.165, 1.54) is 16.7 Å². The molecule has 0 spiro atoms. The predicted octanol–water partition coefficient (Wildman–Crippen LogP) is 4.36. The Morgan fingerprint density at radius 2 is 1.81 bits per heavy atom. The number of carboxylic acids is 1. The van der Waals surface area contributed by atoms with Crippen molar-refractivity contribution in [2.24, 2.45) is 0 Å². The lowest BCUT2D eigenvalue weighted by atomic mass is 10.2. The van der Waals surface area contributed by atoms with E-state index in [2.05, 4.69) is 4.98 Å². The summed E-state index contributed by atoms with van der Waals surface area (Å²) >= 11 is 1.27. The normalized spacial score (nSPS) is 10.4. The van der Waals surface area contributed by atoms with Crippen LogP contribution in [-0.4, -0.2) is 35.9 Å². The lowest BCUT2D eigenvalue weighted by Crippen LogP contribution is -2.09. The van der Waals surface area contributed by atoms with Gasteiger partial charge in [0, 0.05) is 10.9 Å². The summed E-state index contributed by atoms with van der Waals surface area (Å²) in [5.41, 5.74) is 0.815. The van der Waals surface area contributed by atoms with Crippen LogP contribution >= 0.6 is 11.3 Å². The molecule has 0 unspecified atom stereocenters. The van der Waals surface area contributed by atoms with Crippen LogP contribution in [0.4, 0.5) is 0 Å². The Hall–Kier alpha value is -3.06. The highest BCUT2D eigenvalue weighted by molar-refractivity contribution is 7.13. The van der Waals surface area contributed by atoms with Gasteiger partial charge in [0.2, 0.25) is 0 Å². The Balaban J connectivity index is 1.66. The second kappa shape index (κ2) is 9.05. The maximum Gasteiger partial charge on any atom is 0.355 e. The van der Waals surface area contributed by atoms with Crippen molar-refractivity contribution >= 4 is 17.3 Å². The summed E-state index contributed by atoms with van der Waals surface area (Å²) in [5.74, 6) is 0.939. The van der Waals surface area contributed by atoms with Crippen molar-refractivity contribution in [1.82, 2.24) is 4.98 Å². The molecule has 1 N–H and O–H groups in total. The standard InChI is InChI=1S/C20H19NO5S/c1-2-24-18-12-14(19-21-16(13-27-19)20(22)23)8-9-17(18)26-11-10-25-15-6-4-3-5-7-15/h3-9,12-13H,2,10-11H2,1H3,(H,22,23). The van der Waals surface area contributed by atoms with Crippen molar-refractivity contribution in [2.45, 2.75) is 6.92 Å². The fourth-order valence-electron chi connectivity index (χ4n) is 2.36. The number of aromatic carboxylic acids is 1. The molecule has 0 bridgehead atoms. The SMILES string of the molecule is CCOc1cc(-c2nc(C(=O)O)cs2)ccc1OCCOc1ccccc1. The predicted molar refractivity (Wildman–Crippen MR) is 103 cm³/mol. The third-order valence-electron chi connectivity index (χ3n) is 3.57. The summed E-state index contributed by atoms with van der Waals surface area (Å²) in [7, 11) is 0. The average molecular weight is 385 g/mol. The number of hydrogen-bond donors (Lipinski definition) is 1. The molecule has 140 valence electrons. The first-order valence-corrected chi connectivity index (χ1v) is 9.32. The monoisotopic (exact) mass is 385 g/mol. The Morgan fingerprint density at radius 1 is 1.04 bits per heavy atom. The summed E-state index contributed by atoms with van der Waals surface area (Å²) in [5, 5.41) is 11.2. The van der Waals surface area contributed by atoms with E-state index >= 15 is 0 Å². The number of ether oxygens (including phenoxy) is 3. The van der Waals surface area contributed by atoms with E-state index in [-0.39, 0.29) is 5.69 Å². The van der Waals surface area contributed by atoms with Gasteiger partial charge in [-0.2, -0.15) is 0 Å². The second-order valence-corrected chi connectivity index (χ2v) is 6.31. The lowest BCUT2D eigenvalue weighted by Gasteiger charge is -2.13. The summed E-state index contributed by atoms with van der Waals surface area (Å²) in [6.45, 7) is 3.15. The van der Waals surface area contributed by atoms with Crippen molar-refractivity contribution in [3.8, 4) is 27.8 Å². The van der Waals surface area contributed by atoms with Crippen LogP contribution in [0.3, 0.4) is 0 Å². The Labute approximate surface area is 161 Å². The van der Waals surface area contributed by atoms with Crippen LogP contribution in [0, 0.1) is 0 Å². The molecule has 27 heavy (non-hydrogen) atoms. The van der Waals surface area contributed by atoms with Crippen LogP contribution in [0.2, 0.25) is 0 Å². The summed E-state index contributed by atoms with van der Waals surface area (Å²) in [6, 6.07) is 15.0. The van der Waals surface area contributed by atoms with E-state index in [0.29, 0.717) is 36.3 Å². The Bertz CT molecular complexity index is 894. The average Bonchev–Trinajstić information content (AvgIpc) is 3.18. The molecule has 0 fully saturated rings. The highest BCUT2D eigenvalue weighted by Gasteiger charge is 2.13.